The van der Waals surface area contributed by atoms with Gasteiger partial charge >= 0.3 is 0 Å². The van der Waals surface area contributed by atoms with Crippen LogP contribution in [0.5, 0.6) is 0 Å². The van der Waals surface area contributed by atoms with E-state index in [0.717, 1.165) is 25.2 Å². The molecular weight excluding hydrogens is 198 g/mol. The monoisotopic (exact) mass is 221 g/mol. The average Bonchev–Trinajstić information content (AvgIpc) is 2.68. The number of hydrogen-bond donors (Lipinski definition) is 1. The summed E-state index contributed by atoms with van der Waals surface area (Å²) < 4.78 is 0. The largest absolute Gasteiger partial charge is 0.324 e. The van der Waals surface area contributed by atoms with Crippen LogP contribution in [-0.4, -0.2) is 11.8 Å². The van der Waals surface area contributed by atoms with Crippen LogP contribution in [0, 0.1) is 23.7 Å². The van der Waals surface area contributed by atoms with Gasteiger partial charge in [0, 0.05) is 17.9 Å². The van der Waals surface area contributed by atoms with Crippen molar-refractivity contribution in [2.24, 2.45) is 29.4 Å². The Balaban J connectivity index is 1.93. The maximum Gasteiger partial charge on any atom is 0.142 e. The van der Waals surface area contributed by atoms with Gasteiger partial charge in [0.15, 0.2) is 0 Å². The summed E-state index contributed by atoms with van der Waals surface area (Å²) in [5, 5.41) is 0. The fraction of sp³-hybridized carbons (Fsp3) is 0.786. The highest BCUT2D eigenvalue weighted by Crippen LogP contribution is 2.36. The molecule has 5 unspecified atom stereocenters. The molecule has 2 aliphatic rings. The lowest BCUT2D eigenvalue weighted by molar-refractivity contribution is -0.127. The third-order valence-electron chi connectivity index (χ3n) is 4.48. The van der Waals surface area contributed by atoms with E-state index >= 15 is 0 Å². The maximum atomic E-state index is 12.3. The van der Waals surface area contributed by atoms with E-state index in [-0.39, 0.29) is 12.0 Å². The molecule has 0 heterocycles. The summed E-state index contributed by atoms with van der Waals surface area (Å²) in [7, 11) is 0. The SMILES string of the molecule is CC1CCC(C(=O)C2C=CC(N)C2)CC1C. The predicted octanol–water partition coefficient (Wildman–Crippen LogP) is 2.53. The molecule has 2 N–H and O–H groups in total. The standard InChI is InChI=1S/C14H23NO/c1-9-3-4-11(7-10(9)2)14(16)12-5-6-13(15)8-12/h5-6,9-13H,3-4,7-8,15H2,1-2H3. The summed E-state index contributed by atoms with van der Waals surface area (Å²) in [6.07, 6.45) is 8.22. The predicted molar refractivity (Wildman–Crippen MR) is 65.9 cm³/mol. The molecule has 5 atom stereocenters. The molecular formula is C14H23NO. The second-order valence-electron chi connectivity index (χ2n) is 5.76. The van der Waals surface area contributed by atoms with Gasteiger partial charge in [-0.05, 0) is 37.5 Å². The van der Waals surface area contributed by atoms with E-state index in [1.54, 1.807) is 0 Å². The van der Waals surface area contributed by atoms with Gasteiger partial charge in [-0.15, -0.1) is 0 Å². The normalized spacial score (nSPS) is 43.6. The molecule has 0 bridgehead atoms. The van der Waals surface area contributed by atoms with Gasteiger partial charge in [0.25, 0.3) is 0 Å². The van der Waals surface area contributed by atoms with E-state index in [0.29, 0.717) is 17.6 Å². The van der Waals surface area contributed by atoms with Crippen LogP contribution in [0.1, 0.15) is 39.5 Å². The van der Waals surface area contributed by atoms with Gasteiger partial charge in [0.05, 0.1) is 0 Å². The van der Waals surface area contributed by atoms with Crippen LogP contribution >= 0.6 is 0 Å². The first-order chi connectivity index (χ1) is 7.58. The van der Waals surface area contributed by atoms with Crippen molar-refractivity contribution < 1.29 is 4.79 Å². The van der Waals surface area contributed by atoms with Crippen molar-refractivity contribution in [3.05, 3.63) is 12.2 Å². The Kier molecular flexibility index (Phi) is 3.48. The Bertz CT molecular complexity index is 297. The first-order valence-corrected chi connectivity index (χ1v) is 6.55. The number of Topliss-reactive ketones (excluding diaryl/α,β-unsaturated/α-hetero) is 1. The van der Waals surface area contributed by atoms with Crippen molar-refractivity contribution in [3.63, 3.8) is 0 Å². The number of allylic oxidation sites excluding steroid dienone is 1. The van der Waals surface area contributed by atoms with Crippen LogP contribution in [-0.2, 0) is 4.79 Å². The van der Waals surface area contributed by atoms with Crippen LogP contribution in [0.2, 0.25) is 0 Å². The molecule has 2 aliphatic carbocycles. The van der Waals surface area contributed by atoms with E-state index in [9.17, 15) is 4.79 Å². The summed E-state index contributed by atoms with van der Waals surface area (Å²) in [4.78, 5) is 12.3. The molecule has 0 aromatic rings. The summed E-state index contributed by atoms with van der Waals surface area (Å²) in [6, 6.07) is 0.105. The van der Waals surface area contributed by atoms with Crippen LogP contribution in [0.3, 0.4) is 0 Å². The molecule has 1 saturated carbocycles. The van der Waals surface area contributed by atoms with Gasteiger partial charge in [-0.25, -0.2) is 0 Å². The highest BCUT2D eigenvalue weighted by Gasteiger charge is 2.33. The topological polar surface area (TPSA) is 43.1 Å². The smallest absolute Gasteiger partial charge is 0.142 e. The van der Waals surface area contributed by atoms with Gasteiger partial charge in [0.1, 0.15) is 5.78 Å². The van der Waals surface area contributed by atoms with Gasteiger partial charge in [0.2, 0.25) is 0 Å². The quantitative estimate of drug-likeness (QED) is 0.728. The number of rotatable bonds is 2. The van der Waals surface area contributed by atoms with Gasteiger partial charge < -0.3 is 5.73 Å². The zero-order valence-corrected chi connectivity index (χ0v) is 10.4. The molecule has 0 spiro atoms. The minimum atomic E-state index is 0.105. The zero-order valence-electron chi connectivity index (χ0n) is 10.4. The lowest BCUT2D eigenvalue weighted by Gasteiger charge is -2.32. The highest BCUT2D eigenvalue weighted by molar-refractivity contribution is 5.85. The molecule has 2 heteroatoms. The molecule has 16 heavy (non-hydrogen) atoms. The first-order valence-electron chi connectivity index (χ1n) is 6.55. The second-order valence-corrected chi connectivity index (χ2v) is 5.76. The van der Waals surface area contributed by atoms with Crippen molar-refractivity contribution in [2.75, 3.05) is 0 Å². The molecule has 0 radical (unpaired) electrons. The summed E-state index contributed by atoms with van der Waals surface area (Å²) in [5.74, 6) is 2.34. The number of ketones is 1. The van der Waals surface area contributed by atoms with Gasteiger partial charge in [-0.3, -0.25) is 4.79 Å². The summed E-state index contributed by atoms with van der Waals surface area (Å²) >= 11 is 0. The van der Waals surface area contributed by atoms with E-state index in [4.69, 9.17) is 5.73 Å². The molecule has 0 amide bonds. The lowest BCUT2D eigenvalue weighted by Crippen LogP contribution is -2.30. The highest BCUT2D eigenvalue weighted by atomic mass is 16.1. The van der Waals surface area contributed by atoms with Gasteiger partial charge in [-0.1, -0.05) is 26.0 Å². The molecule has 0 aromatic carbocycles. The molecule has 90 valence electrons. The van der Waals surface area contributed by atoms with Crippen molar-refractivity contribution in [1.29, 1.82) is 0 Å². The fourth-order valence-electron chi connectivity index (χ4n) is 3.05. The first kappa shape index (κ1) is 11.8. The van der Waals surface area contributed by atoms with Crippen molar-refractivity contribution in [1.82, 2.24) is 0 Å². The number of carbonyl (C=O) groups is 1. The molecule has 0 aromatic heterocycles. The third-order valence-corrected chi connectivity index (χ3v) is 4.48. The molecule has 2 nitrogen and oxygen atoms in total. The number of carbonyl (C=O) groups excluding carboxylic acids is 1. The molecule has 2 rings (SSSR count). The van der Waals surface area contributed by atoms with E-state index in [1.807, 2.05) is 12.2 Å². The molecule has 0 aliphatic heterocycles. The van der Waals surface area contributed by atoms with Crippen LogP contribution in [0.15, 0.2) is 12.2 Å². The van der Waals surface area contributed by atoms with Crippen LogP contribution < -0.4 is 5.73 Å². The van der Waals surface area contributed by atoms with Crippen molar-refractivity contribution >= 4 is 5.78 Å². The minimum absolute atomic E-state index is 0.105. The van der Waals surface area contributed by atoms with E-state index in [2.05, 4.69) is 13.8 Å². The Morgan fingerprint density at radius 2 is 1.88 bits per heavy atom. The number of hydrogen-bond acceptors (Lipinski definition) is 2. The Morgan fingerprint density at radius 1 is 1.12 bits per heavy atom. The lowest BCUT2D eigenvalue weighted by atomic mass is 9.72. The van der Waals surface area contributed by atoms with Crippen molar-refractivity contribution in [2.45, 2.75) is 45.6 Å². The Labute approximate surface area is 98.3 Å². The van der Waals surface area contributed by atoms with Crippen molar-refractivity contribution in [3.8, 4) is 0 Å². The average molecular weight is 221 g/mol. The summed E-state index contributed by atoms with van der Waals surface area (Å²) in [5.41, 5.74) is 5.80. The van der Waals surface area contributed by atoms with Crippen LogP contribution in [0.4, 0.5) is 0 Å². The fourth-order valence-corrected chi connectivity index (χ4v) is 3.05. The third kappa shape index (κ3) is 2.37. The van der Waals surface area contributed by atoms with Crippen LogP contribution in [0.25, 0.3) is 0 Å². The Hall–Kier alpha value is -0.630. The van der Waals surface area contributed by atoms with E-state index in [1.165, 1.54) is 6.42 Å². The number of nitrogens with two attached hydrogens (primary N) is 1. The molecule has 0 saturated heterocycles. The Morgan fingerprint density at radius 3 is 2.44 bits per heavy atom. The second kappa shape index (κ2) is 4.70. The van der Waals surface area contributed by atoms with E-state index < -0.39 is 0 Å². The van der Waals surface area contributed by atoms with Gasteiger partial charge in [-0.2, -0.15) is 0 Å². The maximum absolute atomic E-state index is 12.3. The summed E-state index contributed by atoms with van der Waals surface area (Å²) in [6.45, 7) is 4.58. The minimum Gasteiger partial charge on any atom is -0.324 e. The zero-order chi connectivity index (χ0) is 11.7. The molecule has 1 fully saturated rings.